The standard InChI is InChI=1S/C6H10O2/c1-3-7-5-6-8-4-2/h3-4H,1-2,5-6H2. The summed E-state index contributed by atoms with van der Waals surface area (Å²) >= 11 is 0. The number of hydrogen-bond donors (Lipinski definition) is 0. The van der Waals surface area contributed by atoms with E-state index in [1.54, 1.807) is 0 Å². The quantitative estimate of drug-likeness (QED) is 0.396. The van der Waals surface area contributed by atoms with E-state index in [0.717, 1.165) is 0 Å². The number of hydrogen-bond acceptors (Lipinski definition) is 2. The summed E-state index contributed by atoms with van der Waals surface area (Å²) in [6, 6.07) is 0. The highest BCUT2D eigenvalue weighted by Crippen LogP contribution is 1.76. The first kappa shape index (κ1) is 7.08. The van der Waals surface area contributed by atoms with E-state index < -0.39 is 0 Å². The Morgan fingerprint density at radius 2 is 1.38 bits per heavy atom. The van der Waals surface area contributed by atoms with Gasteiger partial charge in [0.25, 0.3) is 0 Å². The van der Waals surface area contributed by atoms with Crippen LogP contribution in [0.15, 0.2) is 25.7 Å². The largest absolute Gasteiger partial charge is 0.498 e. The van der Waals surface area contributed by atoms with E-state index >= 15 is 0 Å². The molecule has 0 fully saturated rings. The molecule has 0 saturated carbocycles. The van der Waals surface area contributed by atoms with Gasteiger partial charge in [0, 0.05) is 0 Å². The van der Waals surface area contributed by atoms with Crippen LogP contribution in [0.3, 0.4) is 0 Å². The van der Waals surface area contributed by atoms with Crippen molar-refractivity contribution in [1.29, 1.82) is 0 Å². The van der Waals surface area contributed by atoms with Gasteiger partial charge in [0.2, 0.25) is 0 Å². The monoisotopic (exact) mass is 114 g/mol. The highest BCUT2D eigenvalue weighted by atomic mass is 16.5. The zero-order valence-electron chi connectivity index (χ0n) is 4.80. The lowest BCUT2D eigenvalue weighted by Crippen LogP contribution is -1.95. The minimum Gasteiger partial charge on any atom is -0.498 e. The molecule has 0 aromatic carbocycles. The molecule has 0 heterocycles. The van der Waals surface area contributed by atoms with Crippen LogP contribution < -0.4 is 0 Å². The van der Waals surface area contributed by atoms with Crippen LogP contribution in [-0.4, -0.2) is 13.2 Å². The van der Waals surface area contributed by atoms with Gasteiger partial charge in [0.05, 0.1) is 12.5 Å². The Bertz CT molecular complexity index is 58.9. The van der Waals surface area contributed by atoms with E-state index in [-0.39, 0.29) is 0 Å². The van der Waals surface area contributed by atoms with Crippen molar-refractivity contribution < 1.29 is 9.47 Å². The van der Waals surface area contributed by atoms with Crippen LogP contribution >= 0.6 is 0 Å². The molecule has 0 radical (unpaired) electrons. The van der Waals surface area contributed by atoms with Gasteiger partial charge in [0.15, 0.2) is 0 Å². The molecule has 0 aliphatic rings. The van der Waals surface area contributed by atoms with Gasteiger partial charge in [-0.05, 0) is 0 Å². The topological polar surface area (TPSA) is 18.5 Å². The van der Waals surface area contributed by atoms with Crippen LogP contribution in [0.5, 0.6) is 0 Å². The lowest BCUT2D eigenvalue weighted by Gasteiger charge is -1.97. The van der Waals surface area contributed by atoms with Gasteiger partial charge in [-0.1, -0.05) is 13.2 Å². The molecule has 8 heavy (non-hydrogen) atoms. The van der Waals surface area contributed by atoms with E-state index in [4.69, 9.17) is 9.47 Å². The van der Waals surface area contributed by atoms with Crippen molar-refractivity contribution in [3.8, 4) is 0 Å². The van der Waals surface area contributed by atoms with Gasteiger partial charge in [-0.15, -0.1) is 0 Å². The Kier molecular flexibility index (Phi) is 5.38. The van der Waals surface area contributed by atoms with Crippen LogP contribution in [0.2, 0.25) is 0 Å². The Morgan fingerprint density at radius 1 is 1.00 bits per heavy atom. The Morgan fingerprint density at radius 3 is 1.62 bits per heavy atom. The Hall–Kier alpha value is -0.920. The summed E-state index contributed by atoms with van der Waals surface area (Å²) in [7, 11) is 0. The maximum absolute atomic E-state index is 4.73. The number of rotatable bonds is 5. The smallest absolute Gasteiger partial charge is 0.121 e. The zero-order valence-corrected chi connectivity index (χ0v) is 4.80. The van der Waals surface area contributed by atoms with Gasteiger partial charge in [-0.2, -0.15) is 0 Å². The van der Waals surface area contributed by atoms with E-state index in [1.807, 2.05) is 0 Å². The summed E-state index contributed by atoms with van der Waals surface area (Å²) in [5.41, 5.74) is 0. The molecule has 0 atom stereocenters. The van der Waals surface area contributed by atoms with E-state index in [2.05, 4.69) is 13.2 Å². The Balaban J connectivity index is 2.71. The fourth-order valence-corrected chi connectivity index (χ4v) is 0.263. The van der Waals surface area contributed by atoms with Crippen molar-refractivity contribution in [3.63, 3.8) is 0 Å². The normalized spacial score (nSPS) is 7.50. The second-order valence-electron chi connectivity index (χ2n) is 1.07. The predicted octanol–water partition coefficient (Wildman–Crippen LogP) is 1.31. The lowest BCUT2D eigenvalue weighted by atomic mass is 10.8. The van der Waals surface area contributed by atoms with Crippen LogP contribution in [-0.2, 0) is 9.47 Å². The highest BCUT2D eigenvalue weighted by Gasteiger charge is 1.77. The molecule has 0 spiro atoms. The molecule has 2 nitrogen and oxygen atoms in total. The minimum absolute atomic E-state index is 0.537. The Labute approximate surface area is 49.4 Å². The maximum atomic E-state index is 4.73. The summed E-state index contributed by atoms with van der Waals surface area (Å²) in [5, 5.41) is 0. The molecule has 0 aliphatic heterocycles. The van der Waals surface area contributed by atoms with Crippen molar-refractivity contribution in [2.24, 2.45) is 0 Å². The fourth-order valence-electron chi connectivity index (χ4n) is 0.263. The molecule has 2 heteroatoms. The first-order chi connectivity index (χ1) is 3.91. The molecule has 0 aromatic heterocycles. The molecular weight excluding hydrogens is 104 g/mol. The second kappa shape index (κ2) is 6.08. The molecule has 0 saturated heterocycles. The highest BCUT2D eigenvalue weighted by molar-refractivity contribution is 4.51. The van der Waals surface area contributed by atoms with Gasteiger partial charge < -0.3 is 9.47 Å². The predicted molar refractivity (Wildman–Crippen MR) is 32.3 cm³/mol. The molecule has 0 aliphatic carbocycles. The van der Waals surface area contributed by atoms with Crippen LogP contribution in [0.4, 0.5) is 0 Å². The summed E-state index contributed by atoms with van der Waals surface area (Å²) in [5.74, 6) is 0. The van der Waals surface area contributed by atoms with Crippen molar-refractivity contribution in [2.45, 2.75) is 0 Å². The molecule has 0 bridgehead atoms. The molecule has 0 unspecified atom stereocenters. The molecule has 46 valence electrons. The van der Waals surface area contributed by atoms with E-state index in [9.17, 15) is 0 Å². The SMILES string of the molecule is C=COCCOC=C. The van der Waals surface area contributed by atoms with Crippen LogP contribution in [0.25, 0.3) is 0 Å². The average molecular weight is 114 g/mol. The summed E-state index contributed by atoms with van der Waals surface area (Å²) < 4.78 is 9.45. The van der Waals surface area contributed by atoms with Crippen molar-refractivity contribution >= 4 is 0 Å². The molecule has 0 amide bonds. The van der Waals surface area contributed by atoms with Gasteiger partial charge in [-0.25, -0.2) is 0 Å². The lowest BCUT2D eigenvalue weighted by molar-refractivity contribution is 0.151. The summed E-state index contributed by atoms with van der Waals surface area (Å²) in [6.07, 6.45) is 2.76. The second-order valence-corrected chi connectivity index (χ2v) is 1.07. The maximum Gasteiger partial charge on any atom is 0.121 e. The first-order valence-electron chi connectivity index (χ1n) is 2.37. The van der Waals surface area contributed by atoms with Crippen LogP contribution in [0, 0.1) is 0 Å². The van der Waals surface area contributed by atoms with Crippen molar-refractivity contribution in [2.75, 3.05) is 13.2 Å². The average Bonchev–Trinajstić information content (AvgIpc) is 1.81. The third kappa shape index (κ3) is 5.08. The van der Waals surface area contributed by atoms with E-state index in [0.29, 0.717) is 13.2 Å². The molecule has 0 rings (SSSR count). The zero-order chi connectivity index (χ0) is 6.24. The minimum atomic E-state index is 0.537. The van der Waals surface area contributed by atoms with Crippen molar-refractivity contribution in [3.05, 3.63) is 25.7 Å². The first-order valence-corrected chi connectivity index (χ1v) is 2.37. The third-order valence-corrected chi connectivity index (χ3v) is 0.555. The summed E-state index contributed by atoms with van der Waals surface area (Å²) in [4.78, 5) is 0. The van der Waals surface area contributed by atoms with Gasteiger partial charge in [0.1, 0.15) is 13.2 Å². The third-order valence-electron chi connectivity index (χ3n) is 0.555. The molecule has 0 aromatic rings. The summed E-state index contributed by atoms with van der Waals surface area (Å²) in [6.45, 7) is 7.78. The molecular formula is C6H10O2. The molecule has 0 N–H and O–H groups in total. The number of ether oxygens (including phenoxy) is 2. The van der Waals surface area contributed by atoms with Crippen LogP contribution in [0.1, 0.15) is 0 Å². The van der Waals surface area contributed by atoms with Gasteiger partial charge >= 0.3 is 0 Å². The van der Waals surface area contributed by atoms with Gasteiger partial charge in [-0.3, -0.25) is 0 Å². The fraction of sp³-hybridized carbons (Fsp3) is 0.333. The van der Waals surface area contributed by atoms with E-state index in [1.165, 1.54) is 12.5 Å². The van der Waals surface area contributed by atoms with Crippen molar-refractivity contribution in [1.82, 2.24) is 0 Å².